The Morgan fingerprint density at radius 1 is 1.22 bits per heavy atom. The molecule has 0 radical (unpaired) electrons. The van der Waals surface area contributed by atoms with E-state index in [1.807, 2.05) is 6.07 Å². The Hall–Kier alpha value is -3.35. The Balaban J connectivity index is 1.79. The molecule has 2 aromatic carbocycles. The highest BCUT2D eigenvalue weighted by atomic mass is 32.2. The second kappa shape index (κ2) is 7.90. The number of nitro benzene ring substituents is 1. The largest absolute Gasteiger partial charge is 0.286 e. The normalized spacial score (nSPS) is 15.5. The number of non-ortho nitro benzene ring substituents is 1. The van der Waals surface area contributed by atoms with Gasteiger partial charge in [0.15, 0.2) is 4.32 Å². The summed E-state index contributed by atoms with van der Waals surface area (Å²) in [5, 5.41) is 24.8. The Kier molecular flexibility index (Phi) is 5.40. The van der Waals surface area contributed by atoms with Crippen LogP contribution in [0.2, 0.25) is 0 Å². The fourth-order valence-electron chi connectivity index (χ4n) is 2.21. The van der Waals surface area contributed by atoms with Crippen molar-refractivity contribution in [3.05, 3.63) is 80.2 Å². The summed E-state index contributed by atoms with van der Waals surface area (Å²) in [7, 11) is 0. The van der Waals surface area contributed by atoms with Gasteiger partial charge in [0.25, 0.3) is 11.6 Å². The summed E-state index contributed by atoms with van der Waals surface area (Å²) in [5.41, 5.74) is 1.71. The molecule has 3 rings (SSSR count). The lowest BCUT2D eigenvalue weighted by Gasteiger charge is -2.06. The summed E-state index contributed by atoms with van der Waals surface area (Å²) in [6.07, 6.45) is 3.02. The van der Waals surface area contributed by atoms with Crippen molar-refractivity contribution < 1.29 is 9.72 Å². The fraction of sp³-hybridized carbons (Fsp3) is 0. The van der Waals surface area contributed by atoms with Crippen LogP contribution < -0.4 is 0 Å². The Morgan fingerprint density at radius 3 is 2.63 bits per heavy atom. The summed E-state index contributed by atoms with van der Waals surface area (Å²) in [6, 6.07) is 14.7. The molecule has 27 heavy (non-hydrogen) atoms. The summed E-state index contributed by atoms with van der Waals surface area (Å²) < 4.78 is 0.265. The molecule has 1 saturated heterocycles. The first-order valence-electron chi connectivity index (χ1n) is 7.54. The van der Waals surface area contributed by atoms with Crippen molar-refractivity contribution in [2.75, 3.05) is 0 Å². The van der Waals surface area contributed by atoms with E-state index < -0.39 is 4.92 Å². The zero-order valence-electron chi connectivity index (χ0n) is 13.6. The number of carbonyl (C=O) groups excluding carboxylic acids is 1. The van der Waals surface area contributed by atoms with Gasteiger partial charge in [-0.2, -0.15) is 15.4 Å². The molecule has 1 heterocycles. The summed E-state index contributed by atoms with van der Waals surface area (Å²) in [4.78, 5) is 23.2. The molecule has 1 fully saturated rings. The van der Waals surface area contributed by atoms with Gasteiger partial charge in [-0.25, -0.2) is 0 Å². The van der Waals surface area contributed by atoms with Gasteiger partial charge in [-0.3, -0.25) is 14.9 Å². The number of nitrogens with zero attached hydrogens (tertiary/aromatic N) is 4. The average Bonchev–Trinajstić information content (AvgIpc) is 2.94. The number of benzene rings is 2. The van der Waals surface area contributed by atoms with Crippen LogP contribution in [0.1, 0.15) is 16.7 Å². The van der Waals surface area contributed by atoms with Gasteiger partial charge in [0.2, 0.25) is 0 Å². The second-order valence-electron chi connectivity index (χ2n) is 5.32. The molecule has 0 spiro atoms. The molecule has 0 bridgehead atoms. The third-order valence-electron chi connectivity index (χ3n) is 3.51. The lowest BCUT2D eigenvalue weighted by Crippen LogP contribution is -2.22. The molecule has 132 valence electrons. The Morgan fingerprint density at radius 2 is 1.96 bits per heavy atom. The lowest BCUT2D eigenvalue weighted by molar-refractivity contribution is -0.384. The molecular weight excluding hydrogens is 384 g/mol. The van der Waals surface area contributed by atoms with Crippen molar-refractivity contribution in [3.63, 3.8) is 0 Å². The van der Waals surface area contributed by atoms with Gasteiger partial charge in [0.1, 0.15) is 0 Å². The smallest absolute Gasteiger partial charge is 0.266 e. The van der Waals surface area contributed by atoms with E-state index in [0.29, 0.717) is 16.0 Å². The van der Waals surface area contributed by atoms with E-state index >= 15 is 0 Å². The van der Waals surface area contributed by atoms with E-state index in [0.717, 1.165) is 22.3 Å². The number of carbonyl (C=O) groups is 1. The molecule has 0 unspecified atom stereocenters. The zero-order valence-corrected chi connectivity index (χ0v) is 15.2. The van der Waals surface area contributed by atoms with Gasteiger partial charge in [-0.05, 0) is 36.0 Å². The molecule has 0 aliphatic carbocycles. The predicted molar refractivity (Wildman–Crippen MR) is 107 cm³/mol. The van der Waals surface area contributed by atoms with Gasteiger partial charge in [0.05, 0.1) is 27.7 Å². The van der Waals surface area contributed by atoms with Crippen LogP contribution in [-0.2, 0) is 4.79 Å². The SMILES string of the molecule is N#Cc1ccc(/C=C2/SC(=S)N(/N=C/c3cccc([N+](=O)[O-])c3)C2=O)cc1. The van der Waals surface area contributed by atoms with E-state index in [2.05, 4.69) is 5.10 Å². The van der Waals surface area contributed by atoms with Gasteiger partial charge in [-0.1, -0.05) is 36.0 Å². The van der Waals surface area contributed by atoms with Gasteiger partial charge < -0.3 is 0 Å². The highest BCUT2D eigenvalue weighted by molar-refractivity contribution is 8.26. The fourth-order valence-corrected chi connectivity index (χ4v) is 3.38. The van der Waals surface area contributed by atoms with Crippen molar-refractivity contribution in [3.8, 4) is 6.07 Å². The highest BCUT2D eigenvalue weighted by Crippen LogP contribution is 2.32. The standard InChI is InChI=1S/C18H10N4O3S2/c19-10-13-6-4-12(5-7-13)9-16-17(23)21(18(26)27-16)20-11-14-2-1-3-15(8-14)22(24)25/h1-9,11H/b16-9+,20-11+. The van der Waals surface area contributed by atoms with Gasteiger partial charge >= 0.3 is 0 Å². The van der Waals surface area contributed by atoms with E-state index in [9.17, 15) is 14.9 Å². The molecule has 0 aromatic heterocycles. The van der Waals surface area contributed by atoms with Crippen LogP contribution in [0.4, 0.5) is 5.69 Å². The number of nitriles is 1. The molecular formula is C18H10N4O3S2. The van der Waals surface area contributed by atoms with Crippen LogP contribution >= 0.6 is 24.0 Å². The first-order chi connectivity index (χ1) is 13.0. The third-order valence-corrected chi connectivity index (χ3v) is 4.80. The first kappa shape index (κ1) is 18.4. The zero-order chi connectivity index (χ0) is 19.4. The maximum absolute atomic E-state index is 12.5. The highest BCUT2D eigenvalue weighted by Gasteiger charge is 2.32. The maximum atomic E-state index is 12.5. The number of hydrazone groups is 1. The number of amides is 1. The molecule has 1 aliphatic rings. The minimum Gasteiger partial charge on any atom is -0.266 e. The van der Waals surface area contributed by atoms with Gasteiger partial charge in [0, 0.05) is 17.7 Å². The minimum atomic E-state index is -0.503. The maximum Gasteiger partial charge on any atom is 0.286 e. The molecule has 0 atom stereocenters. The summed E-state index contributed by atoms with van der Waals surface area (Å²) in [6.45, 7) is 0. The number of thiocarbonyl (C=S) groups is 1. The van der Waals surface area contributed by atoms with Crippen molar-refractivity contribution in [1.82, 2.24) is 5.01 Å². The summed E-state index contributed by atoms with van der Waals surface area (Å²) in [5.74, 6) is -0.379. The van der Waals surface area contributed by atoms with Crippen molar-refractivity contribution in [2.45, 2.75) is 0 Å². The minimum absolute atomic E-state index is 0.0648. The van der Waals surface area contributed by atoms with Crippen molar-refractivity contribution in [2.24, 2.45) is 5.10 Å². The van der Waals surface area contributed by atoms with Crippen LogP contribution in [0.3, 0.4) is 0 Å². The number of nitro groups is 1. The summed E-state index contributed by atoms with van der Waals surface area (Å²) >= 11 is 6.31. The molecule has 2 aromatic rings. The Labute approximate surface area is 163 Å². The first-order valence-corrected chi connectivity index (χ1v) is 8.77. The van der Waals surface area contributed by atoms with Crippen molar-refractivity contribution >= 4 is 52.2 Å². The molecule has 0 saturated carbocycles. The van der Waals surface area contributed by atoms with Gasteiger partial charge in [-0.15, -0.1) is 0 Å². The van der Waals surface area contributed by atoms with E-state index in [1.54, 1.807) is 36.4 Å². The second-order valence-corrected chi connectivity index (χ2v) is 7.00. The number of hydrogen-bond donors (Lipinski definition) is 0. The Bertz CT molecular complexity index is 1040. The van der Waals surface area contributed by atoms with E-state index in [1.165, 1.54) is 24.4 Å². The number of hydrogen-bond acceptors (Lipinski definition) is 7. The molecule has 1 aliphatic heterocycles. The van der Waals surface area contributed by atoms with E-state index in [-0.39, 0.29) is 15.9 Å². The number of thioether (sulfide) groups is 1. The van der Waals surface area contributed by atoms with Crippen LogP contribution in [0.5, 0.6) is 0 Å². The predicted octanol–water partition coefficient (Wildman–Crippen LogP) is 3.70. The molecule has 0 N–H and O–H groups in total. The molecule has 7 nitrogen and oxygen atoms in total. The quantitative estimate of drug-likeness (QED) is 0.258. The monoisotopic (exact) mass is 394 g/mol. The third kappa shape index (κ3) is 4.25. The molecule has 9 heteroatoms. The van der Waals surface area contributed by atoms with Crippen molar-refractivity contribution in [1.29, 1.82) is 5.26 Å². The van der Waals surface area contributed by atoms with Crippen LogP contribution in [0.15, 0.2) is 58.5 Å². The van der Waals surface area contributed by atoms with Crippen LogP contribution in [-0.4, -0.2) is 26.4 Å². The van der Waals surface area contributed by atoms with E-state index in [4.69, 9.17) is 17.5 Å². The average molecular weight is 394 g/mol. The topological polar surface area (TPSA) is 99.6 Å². The lowest BCUT2D eigenvalue weighted by atomic mass is 10.1. The van der Waals surface area contributed by atoms with Crippen LogP contribution in [0.25, 0.3) is 6.08 Å². The molecule has 1 amide bonds. The number of rotatable bonds is 4. The van der Waals surface area contributed by atoms with Crippen LogP contribution in [0, 0.1) is 21.4 Å².